The molecule has 0 aliphatic heterocycles. The summed E-state index contributed by atoms with van der Waals surface area (Å²) in [6, 6.07) is 3.03. The number of aryl methyl sites for hydroxylation is 3. The number of aromatic nitrogens is 3. The second kappa shape index (κ2) is 5.71. The minimum Gasteiger partial charge on any atom is -0.324 e. The fourth-order valence-electron chi connectivity index (χ4n) is 2.19. The Morgan fingerprint density at radius 1 is 1.30 bits per heavy atom. The summed E-state index contributed by atoms with van der Waals surface area (Å²) in [4.78, 5) is 4.49. The lowest BCUT2D eigenvalue weighted by molar-refractivity contribution is 0.610. The standard InChI is InChI=1S/C15H21FN4/c1-5-14-18-15(6-2)20(19-14)13-7-9(3)12(16)8-11(13)10(4)17/h7-8,10H,5-6,17H2,1-4H3. The molecule has 20 heavy (non-hydrogen) atoms. The predicted molar refractivity (Wildman–Crippen MR) is 77.4 cm³/mol. The number of halogens is 1. The van der Waals surface area contributed by atoms with Gasteiger partial charge in [0, 0.05) is 18.9 Å². The quantitative estimate of drug-likeness (QED) is 0.934. The van der Waals surface area contributed by atoms with Crippen LogP contribution in [0.4, 0.5) is 4.39 Å². The van der Waals surface area contributed by atoms with Crippen molar-refractivity contribution in [2.45, 2.75) is 46.6 Å². The highest BCUT2D eigenvalue weighted by Gasteiger charge is 2.17. The third-order valence-corrected chi connectivity index (χ3v) is 3.38. The van der Waals surface area contributed by atoms with Crippen molar-refractivity contribution in [2.24, 2.45) is 5.73 Å². The van der Waals surface area contributed by atoms with E-state index in [-0.39, 0.29) is 11.9 Å². The Bertz CT molecular complexity index is 617. The van der Waals surface area contributed by atoms with Crippen molar-refractivity contribution in [3.05, 3.63) is 40.7 Å². The number of nitrogens with zero attached hydrogens (tertiary/aromatic N) is 3. The highest BCUT2D eigenvalue weighted by Crippen LogP contribution is 2.24. The van der Waals surface area contributed by atoms with E-state index < -0.39 is 0 Å². The van der Waals surface area contributed by atoms with E-state index >= 15 is 0 Å². The van der Waals surface area contributed by atoms with E-state index in [1.807, 2.05) is 20.8 Å². The first kappa shape index (κ1) is 14.7. The molecule has 0 aliphatic rings. The minimum absolute atomic E-state index is 0.241. The van der Waals surface area contributed by atoms with Gasteiger partial charge < -0.3 is 5.73 Å². The maximum Gasteiger partial charge on any atom is 0.151 e. The van der Waals surface area contributed by atoms with Crippen LogP contribution in [0.15, 0.2) is 12.1 Å². The third-order valence-electron chi connectivity index (χ3n) is 3.38. The average molecular weight is 276 g/mol. The highest BCUT2D eigenvalue weighted by atomic mass is 19.1. The topological polar surface area (TPSA) is 56.7 Å². The maximum absolute atomic E-state index is 13.8. The van der Waals surface area contributed by atoms with Crippen LogP contribution in [0.25, 0.3) is 5.69 Å². The zero-order valence-electron chi connectivity index (χ0n) is 12.4. The van der Waals surface area contributed by atoms with Crippen LogP contribution in [0.2, 0.25) is 0 Å². The van der Waals surface area contributed by atoms with Gasteiger partial charge in [-0.1, -0.05) is 13.8 Å². The van der Waals surface area contributed by atoms with Crippen molar-refractivity contribution in [3.8, 4) is 5.69 Å². The third kappa shape index (κ3) is 2.58. The fraction of sp³-hybridized carbons (Fsp3) is 0.467. The molecule has 0 bridgehead atoms. The summed E-state index contributed by atoms with van der Waals surface area (Å²) in [5.41, 5.74) is 8.12. The molecule has 1 heterocycles. The Balaban J connectivity index is 2.67. The largest absolute Gasteiger partial charge is 0.324 e. The van der Waals surface area contributed by atoms with Gasteiger partial charge in [0.25, 0.3) is 0 Å². The molecule has 0 saturated heterocycles. The van der Waals surface area contributed by atoms with Crippen LogP contribution < -0.4 is 5.73 Å². The predicted octanol–water partition coefficient (Wildman–Crippen LogP) is 2.86. The van der Waals surface area contributed by atoms with Crippen molar-refractivity contribution < 1.29 is 4.39 Å². The average Bonchev–Trinajstić information content (AvgIpc) is 2.84. The highest BCUT2D eigenvalue weighted by molar-refractivity contribution is 5.46. The first-order chi connectivity index (χ1) is 9.47. The first-order valence-corrected chi connectivity index (χ1v) is 6.98. The van der Waals surface area contributed by atoms with Gasteiger partial charge >= 0.3 is 0 Å². The van der Waals surface area contributed by atoms with Crippen LogP contribution in [0.5, 0.6) is 0 Å². The Hall–Kier alpha value is -1.75. The number of rotatable bonds is 4. The summed E-state index contributed by atoms with van der Waals surface area (Å²) in [5, 5.41) is 4.51. The van der Waals surface area contributed by atoms with E-state index in [4.69, 9.17) is 5.73 Å². The smallest absolute Gasteiger partial charge is 0.151 e. The zero-order valence-corrected chi connectivity index (χ0v) is 12.4. The summed E-state index contributed by atoms with van der Waals surface area (Å²) < 4.78 is 15.6. The number of hydrogen-bond acceptors (Lipinski definition) is 3. The molecule has 2 aromatic rings. The molecular weight excluding hydrogens is 255 g/mol. The van der Waals surface area contributed by atoms with Gasteiger partial charge in [-0.3, -0.25) is 0 Å². The van der Waals surface area contributed by atoms with Crippen molar-refractivity contribution >= 4 is 0 Å². The van der Waals surface area contributed by atoms with Gasteiger partial charge in [-0.2, -0.15) is 5.10 Å². The van der Waals surface area contributed by atoms with E-state index in [0.717, 1.165) is 35.7 Å². The monoisotopic (exact) mass is 276 g/mol. The molecular formula is C15H21FN4. The van der Waals surface area contributed by atoms with Gasteiger partial charge in [-0.25, -0.2) is 14.1 Å². The summed E-state index contributed by atoms with van der Waals surface area (Å²) in [5.74, 6) is 1.42. The van der Waals surface area contributed by atoms with Gasteiger partial charge in [0.2, 0.25) is 0 Å². The minimum atomic E-state index is -0.265. The normalized spacial score (nSPS) is 12.7. The van der Waals surface area contributed by atoms with Gasteiger partial charge in [0.15, 0.2) is 5.82 Å². The number of nitrogens with two attached hydrogens (primary N) is 1. The summed E-state index contributed by atoms with van der Waals surface area (Å²) in [7, 11) is 0. The molecule has 0 spiro atoms. The fourth-order valence-corrected chi connectivity index (χ4v) is 2.19. The molecule has 1 atom stereocenters. The van der Waals surface area contributed by atoms with E-state index in [9.17, 15) is 4.39 Å². The lowest BCUT2D eigenvalue weighted by atomic mass is 10.0. The van der Waals surface area contributed by atoms with Crippen molar-refractivity contribution in [3.63, 3.8) is 0 Å². The van der Waals surface area contributed by atoms with Crippen LogP contribution >= 0.6 is 0 Å². The number of benzene rings is 1. The maximum atomic E-state index is 13.8. The molecule has 4 nitrogen and oxygen atoms in total. The molecule has 5 heteroatoms. The van der Waals surface area contributed by atoms with E-state index in [1.165, 1.54) is 6.07 Å². The van der Waals surface area contributed by atoms with E-state index in [1.54, 1.807) is 17.7 Å². The van der Waals surface area contributed by atoms with Crippen molar-refractivity contribution in [2.75, 3.05) is 0 Å². The summed E-state index contributed by atoms with van der Waals surface area (Å²) in [6.45, 7) is 7.63. The Morgan fingerprint density at radius 2 is 2.00 bits per heavy atom. The number of hydrogen-bond donors (Lipinski definition) is 1. The van der Waals surface area contributed by atoms with E-state index in [2.05, 4.69) is 10.1 Å². The lowest BCUT2D eigenvalue weighted by Gasteiger charge is -2.15. The second-order valence-electron chi connectivity index (χ2n) is 5.01. The molecule has 2 rings (SSSR count). The molecule has 2 N–H and O–H groups in total. The van der Waals surface area contributed by atoms with E-state index in [0.29, 0.717) is 5.56 Å². The Kier molecular flexibility index (Phi) is 4.18. The lowest BCUT2D eigenvalue weighted by Crippen LogP contribution is -2.13. The summed E-state index contributed by atoms with van der Waals surface area (Å²) in [6.07, 6.45) is 1.54. The van der Waals surface area contributed by atoms with Crippen LogP contribution in [-0.4, -0.2) is 14.8 Å². The molecule has 1 unspecified atom stereocenters. The molecule has 1 aromatic carbocycles. The van der Waals surface area contributed by atoms with Crippen LogP contribution in [0, 0.1) is 12.7 Å². The molecule has 0 saturated carbocycles. The van der Waals surface area contributed by atoms with Crippen molar-refractivity contribution in [1.82, 2.24) is 14.8 Å². The first-order valence-electron chi connectivity index (χ1n) is 6.98. The van der Waals surface area contributed by atoms with Gasteiger partial charge in [-0.15, -0.1) is 0 Å². The Labute approximate surface area is 118 Å². The van der Waals surface area contributed by atoms with Gasteiger partial charge in [0.05, 0.1) is 5.69 Å². The molecule has 0 amide bonds. The molecule has 108 valence electrons. The Morgan fingerprint density at radius 3 is 2.55 bits per heavy atom. The van der Waals surface area contributed by atoms with Gasteiger partial charge in [0.1, 0.15) is 11.6 Å². The van der Waals surface area contributed by atoms with Crippen LogP contribution in [0.3, 0.4) is 0 Å². The van der Waals surface area contributed by atoms with Gasteiger partial charge in [-0.05, 0) is 37.1 Å². The SMILES string of the molecule is CCc1nc(CC)n(-c2cc(C)c(F)cc2C(C)N)n1. The van der Waals surface area contributed by atoms with Crippen LogP contribution in [0.1, 0.15) is 49.6 Å². The molecule has 0 radical (unpaired) electrons. The summed E-state index contributed by atoms with van der Waals surface area (Å²) >= 11 is 0. The molecule has 0 fully saturated rings. The molecule has 1 aromatic heterocycles. The second-order valence-corrected chi connectivity index (χ2v) is 5.01. The zero-order chi connectivity index (χ0) is 14.9. The van der Waals surface area contributed by atoms with Crippen LogP contribution in [-0.2, 0) is 12.8 Å². The van der Waals surface area contributed by atoms with Crippen molar-refractivity contribution in [1.29, 1.82) is 0 Å². The molecule has 0 aliphatic carbocycles.